The van der Waals surface area contributed by atoms with Crippen molar-refractivity contribution >= 4 is 27.5 Å². The number of amides is 1. The van der Waals surface area contributed by atoms with Crippen LogP contribution in [0, 0.1) is 13.8 Å². The van der Waals surface area contributed by atoms with E-state index in [-0.39, 0.29) is 17.6 Å². The summed E-state index contributed by atoms with van der Waals surface area (Å²) in [6.45, 7) is 4.79. The Kier molecular flexibility index (Phi) is 3.77. The maximum absolute atomic E-state index is 12.3. The van der Waals surface area contributed by atoms with Gasteiger partial charge in [-0.3, -0.25) is 9.59 Å². The van der Waals surface area contributed by atoms with Gasteiger partial charge in [-0.25, -0.2) is 4.98 Å². The molecule has 0 aromatic carbocycles. The molecule has 1 aliphatic heterocycles. The van der Waals surface area contributed by atoms with Gasteiger partial charge in [-0.2, -0.15) is 0 Å². The fraction of sp³-hybridized carbons (Fsp3) is 0.500. The zero-order chi connectivity index (χ0) is 15.0. The molecule has 1 aliphatic rings. The first-order valence-corrected chi connectivity index (χ1v) is 7.77. The van der Waals surface area contributed by atoms with E-state index in [1.165, 1.54) is 11.3 Å². The SMILES string of the molecule is Cc1nc2sc(C(=O)NCC3CCCO3)c(C)c2c(=O)[nH]1. The molecule has 112 valence electrons. The van der Waals surface area contributed by atoms with Gasteiger partial charge in [0.25, 0.3) is 11.5 Å². The van der Waals surface area contributed by atoms with Crippen molar-refractivity contribution in [1.82, 2.24) is 15.3 Å². The normalized spacial score (nSPS) is 18.3. The Labute approximate surface area is 125 Å². The number of ether oxygens (including phenoxy) is 1. The number of nitrogens with one attached hydrogen (secondary N) is 2. The van der Waals surface area contributed by atoms with E-state index in [0.717, 1.165) is 19.4 Å². The Morgan fingerprint density at radius 1 is 1.52 bits per heavy atom. The van der Waals surface area contributed by atoms with Gasteiger partial charge in [-0.15, -0.1) is 11.3 Å². The monoisotopic (exact) mass is 307 g/mol. The number of H-pyrrole nitrogens is 1. The van der Waals surface area contributed by atoms with Crippen LogP contribution in [0.5, 0.6) is 0 Å². The first-order valence-electron chi connectivity index (χ1n) is 6.96. The number of fused-ring (bicyclic) bond motifs is 1. The van der Waals surface area contributed by atoms with Crippen molar-refractivity contribution in [2.75, 3.05) is 13.2 Å². The number of carbonyl (C=O) groups excluding carboxylic acids is 1. The molecule has 2 aromatic heterocycles. The number of hydrogen-bond acceptors (Lipinski definition) is 5. The van der Waals surface area contributed by atoms with Gasteiger partial charge in [0, 0.05) is 13.2 Å². The summed E-state index contributed by atoms with van der Waals surface area (Å²) in [5.74, 6) is 0.392. The lowest BCUT2D eigenvalue weighted by atomic mass is 10.2. The average Bonchev–Trinajstić information content (AvgIpc) is 3.04. The molecule has 1 fully saturated rings. The lowest BCUT2D eigenvalue weighted by molar-refractivity contribution is 0.0860. The second kappa shape index (κ2) is 5.57. The van der Waals surface area contributed by atoms with Crippen LogP contribution in [0.25, 0.3) is 10.2 Å². The Morgan fingerprint density at radius 2 is 2.33 bits per heavy atom. The predicted molar refractivity (Wildman–Crippen MR) is 81.0 cm³/mol. The van der Waals surface area contributed by atoms with Gasteiger partial charge in [-0.1, -0.05) is 0 Å². The van der Waals surface area contributed by atoms with Gasteiger partial charge in [0.15, 0.2) is 0 Å². The standard InChI is InChI=1S/C14H17N3O3S/c1-7-10-12(18)16-8(2)17-14(10)21-11(7)13(19)15-6-9-4-3-5-20-9/h9H,3-6H2,1-2H3,(H,15,19)(H,16,17,18). The van der Waals surface area contributed by atoms with E-state index in [9.17, 15) is 9.59 Å². The molecule has 2 N–H and O–H groups in total. The molecule has 3 rings (SSSR count). The smallest absolute Gasteiger partial charge is 0.261 e. The molecular formula is C14H17N3O3S. The molecule has 0 saturated carbocycles. The third-order valence-electron chi connectivity index (χ3n) is 3.64. The van der Waals surface area contributed by atoms with Crippen LogP contribution in [0.3, 0.4) is 0 Å². The summed E-state index contributed by atoms with van der Waals surface area (Å²) in [6.07, 6.45) is 2.13. The first-order chi connectivity index (χ1) is 10.1. The highest BCUT2D eigenvalue weighted by atomic mass is 32.1. The van der Waals surface area contributed by atoms with Crippen LogP contribution in [-0.2, 0) is 4.74 Å². The molecule has 0 bridgehead atoms. The van der Waals surface area contributed by atoms with Crippen molar-refractivity contribution < 1.29 is 9.53 Å². The third-order valence-corrected chi connectivity index (χ3v) is 4.82. The summed E-state index contributed by atoms with van der Waals surface area (Å²) >= 11 is 1.26. The Balaban J connectivity index is 1.86. The molecule has 6 nitrogen and oxygen atoms in total. The van der Waals surface area contributed by atoms with E-state index in [1.54, 1.807) is 13.8 Å². The lowest BCUT2D eigenvalue weighted by Crippen LogP contribution is -2.31. The number of thiophene rings is 1. The molecule has 2 aromatic rings. The third kappa shape index (κ3) is 2.71. The second-order valence-corrected chi connectivity index (χ2v) is 6.23. The van der Waals surface area contributed by atoms with Gasteiger partial charge in [0.2, 0.25) is 0 Å². The molecule has 1 unspecified atom stereocenters. The number of carbonyl (C=O) groups is 1. The van der Waals surface area contributed by atoms with Crippen molar-refractivity contribution in [3.05, 3.63) is 26.6 Å². The minimum Gasteiger partial charge on any atom is -0.376 e. The highest BCUT2D eigenvalue weighted by molar-refractivity contribution is 7.20. The van der Waals surface area contributed by atoms with Crippen molar-refractivity contribution in [2.24, 2.45) is 0 Å². The Hall–Kier alpha value is -1.73. The fourth-order valence-corrected chi connectivity index (χ4v) is 3.70. The Bertz CT molecular complexity index is 744. The van der Waals surface area contributed by atoms with Crippen molar-refractivity contribution in [3.8, 4) is 0 Å². The number of aromatic amines is 1. The number of hydrogen-bond donors (Lipinski definition) is 2. The van der Waals surface area contributed by atoms with Gasteiger partial charge in [0.05, 0.1) is 16.4 Å². The summed E-state index contributed by atoms with van der Waals surface area (Å²) in [6, 6.07) is 0. The summed E-state index contributed by atoms with van der Waals surface area (Å²) in [5, 5.41) is 3.39. The Morgan fingerprint density at radius 3 is 3.05 bits per heavy atom. The molecule has 0 aliphatic carbocycles. The van der Waals surface area contributed by atoms with Gasteiger partial charge >= 0.3 is 0 Å². The molecule has 0 radical (unpaired) electrons. The summed E-state index contributed by atoms with van der Waals surface area (Å²) in [4.78, 5) is 32.4. The minimum absolute atomic E-state index is 0.104. The largest absolute Gasteiger partial charge is 0.376 e. The van der Waals surface area contributed by atoms with Crippen LogP contribution < -0.4 is 10.9 Å². The number of nitrogens with zero attached hydrogens (tertiary/aromatic N) is 1. The van der Waals surface area contributed by atoms with Crippen molar-refractivity contribution in [1.29, 1.82) is 0 Å². The van der Waals surface area contributed by atoms with Crippen molar-refractivity contribution in [3.63, 3.8) is 0 Å². The molecule has 0 spiro atoms. The maximum Gasteiger partial charge on any atom is 0.261 e. The van der Waals surface area contributed by atoms with E-state index in [2.05, 4.69) is 15.3 Å². The van der Waals surface area contributed by atoms with Crippen LogP contribution >= 0.6 is 11.3 Å². The fourth-order valence-electron chi connectivity index (χ4n) is 2.56. The average molecular weight is 307 g/mol. The van der Waals surface area contributed by atoms with E-state index in [1.807, 2.05) is 0 Å². The van der Waals surface area contributed by atoms with Crippen LogP contribution in [-0.4, -0.2) is 35.1 Å². The lowest BCUT2D eigenvalue weighted by Gasteiger charge is -2.10. The van der Waals surface area contributed by atoms with Crippen LogP contribution in [0.15, 0.2) is 4.79 Å². The highest BCUT2D eigenvalue weighted by Crippen LogP contribution is 2.26. The van der Waals surface area contributed by atoms with Gasteiger partial charge in [-0.05, 0) is 32.3 Å². The number of rotatable bonds is 3. The number of aromatic nitrogens is 2. The van der Waals surface area contributed by atoms with E-state index in [0.29, 0.717) is 33.0 Å². The van der Waals surface area contributed by atoms with Crippen LogP contribution in [0.4, 0.5) is 0 Å². The molecule has 3 heterocycles. The van der Waals surface area contributed by atoms with Crippen LogP contribution in [0.1, 0.15) is 33.9 Å². The van der Waals surface area contributed by atoms with E-state index >= 15 is 0 Å². The second-order valence-electron chi connectivity index (χ2n) is 5.23. The molecule has 1 amide bonds. The topological polar surface area (TPSA) is 84.1 Å². The van der Waals surface area contributed by atoms with Gasteiger partial charge < -0.3 is 15.0 Å². The maximum atomic E-state index is 12.3. The summed E-state index contributed by atoms with van der Waals surface area (Å²) in [5.41, 5.74) is 0.498. The highest BCUT2D eigenvalue weighted by Gasteiger charge is 2.21. The molecule has 21 heavy (non-hydrogen) atoms. The molecule has 1 saturated heterocycles. The summed E-state index contributed by atoms with van der Waals surface area (Å²) < 4.78 is 5.48. The van der Waals surface area contributed by atoms with E-state index < -0.39 is 0 Å². The predicted octanol–water partition coefficient (Wildman–Crippen LogP) is 1.51. The number of aryl methyl sites for hydroxylation is 2. The van der Waals surface area contributed by atoms with Gasteiger partial charge in [0.1, 0.15) is 10.7 Å². The molecular weight excluding hydrogens is 290 g/mol. The van der Waals surface area contributed by atoms with E-state index in [4.69, 9.17) is 4.74 Å². The zero-order valence-electron chi connectivity index (χ0n) is 12.0. The summed E-state index contributed by atoms with van der Waals surface area (Å²) in [7, 11) is 0. The van der Waals surface area contributed by atoms with Crippen LogP contribution in [0.2, 0.25) is 0 Å². The molecule has 7 heteroatoms. The molecule has 1 atom stereocenters. The first kappa shape index (κ1) is 14.2. The zero-order valence-corrected chi connectivity index (χ0v) is 12.8. The van der Waals surface area contributed by atoms with Crippen molar-refractivity contribution in [2.45, 2.75) is 32.8 Å². The quantitative estimate of drug-likeness (QED) is 0.900. The minimum atomic E-state index is -0.190.